The van der Waals surface area contributed by atoms with E-state index in [0.29, 0.717) is 10.9 Å². The number of rotatable bonds is 3. The molecule has 4 nitrogen and oxygen atoms in total. The Balaban J connectivity index is 1.69. The lowest BCUT2D eigenvalue weighted by atomic mass is 10.0. The van der Waals surface area contributed by atoms with Crippen LogP contribution in [0.2, 0.25) is 0 Å². The summed E-state index contributed by atoms with van der Waals surface area (Å²) >= 11 is 1.75. The molecule has 0 unspecified atom stereocenters. The number of aromatic nitrogens is 2. The van der Waals surface area contributed by atoms with Gasteiger partial charge in [0.2, 0.25) is 0 Å². The molecule has 1 aliphatic heterocycles. The number of hydrogen-bond acceptors (Lipinski definition) is 3. The van der Waals surface area contributed by atoms with Crippen LogP contribution in [0.3, 0.4) is 0 Å². The van der Waals surface area contributed by atoms with Gasteiger partial charge in [-0.15, -0.1) is 11.8 Å². The van der Waals surface area contributed by atoms with E-state index in [-0.39, 0.29) is 5.56 Å². The summed E-state index contributed by atoms with van der Waals surface area (Å²) < 4.78 is 0. The number of nitrogens with zero attached hydrogens (tertiary/aromatic N) is 1. The van der Waals surface area contributed by atoms with Gasteiger partial charge in [0, 0.05) is 52.6 Å². The highest BCUT2D eigenvalue weighted by molar-refractivity contribution is 7.98. The summed E-state index contributed by atoms with van der Waals surface area (Å²) in [7, 11) is 0. The van der Waals surface area contributed by atoms with Crippen molar-refractivity contribution in [1.29, 1.82) is 0 Å². The molecule has 0 bridgehead atoms. The molecule has 0 radical (unpaired) electrons. The summed E-state index contributed by atoms with van der Waals surface area (Å²) in [5.74, 6) is 0. The topological polar surface area (TPSA) is 51.9 Å². The lowest BCUT2D eigenvalue weighted by Crippen LogP contribution is -2.20. The maximum Gasteiger partial charge on any atom is 0.272 e. The summed E-state index contributed by atoms with van der Waals surface area (Å²) in [4.78, 5) is 21.8. The smallest absolute Gasteiger partial charge is 0.272 e. The van der Waals surface area contributed by atoms with Crippen LogP contribution in [-0.2, 0) is 0 Å². The van der Waals surface area contributed by atoms with Crippen LogP contribution in [0, 0.1) is 5.41 Å². The SMILES string of the molecule is CSc1ccc(N2CCC3(CC3)C2)c(-c2c[nH]c(=O)c3[nH]ccc23)c1. The lowest BCUT2D eigenvalue weighted by Gasteiger charge is -2.23. The van der Waals surface area contributed by atoms with Crippen molar-refractivity contribution in [2.75, 3.05) is 24.2 Å². The Bertz CT molecular complexity index is 1020. The molecule has 0 amide bonds. The first kappa shape index (κ1) is 15.1. The molecule has 5 rings (SSSR count). The van der Waals surface area contributed by atoms with Crippen molar-refractivity contribution in [3.05, 3.63) is 47.0 Å². The Morgan fingerprint density at radius 1 is 1.12 bits per heavy atom. The number of aromatic amines is 2. The molecule has 128 valence electrons. The second-order valence-electron chi connectivity index (χ2n) is 7.35. The second kappa shape index (κ2) is 5.43. The van der Waals surface area contributed by atoms with E-state index in [1.165, 1.54) is 35.4 Å². The molecule has 1 spiro atoms. The first-order chi connectivity index (χ1) is 12.2. The minimum absolute atomic E-state index is 0.0653. The van der Waals surface area contributed by atoms with Crippen molar-refractivity contribution in [1.82, 2.24) is 9.97 Å². The highest BCUT2D eigenvalue weighted by Gasteiger charge is 2.47. The predicted octanol–water partition coefficient (Wildman–Crippen LogP) is 4.24. The fourth-order valence-corrected chi connectivity index (χ4v) is 4.59. The monoisotopic (exact) mass is 351 g/mol. The molecule has 0 atom stereocenters. The van der Waals surface area contributed by atoms with Crippen LogP contribution in [0.25, 0.3) is 22.0 Å². The van der Waals surface area contributed by atoms with E-state index >= 15 is 0 Å². The Hall–Kier alpha value is -2.14. The van der Waals surface area contributed by atoms with E-state index in [9.17, 15) is 4.79 Å². The Morgan fingerprint density at radius 2 is 2.00 bits per heavy atom. The molecule has 2 aliphatic rings. The number of hydrogen-bond donors (Lipinski definition) is 2. The van der Waals surface area contributed by atoms with E-state index < -0.39 is 0 Å². The molecule has 1 saturated heterocycles. The molecule has 1 saturated carbocycles. The summed E-state index contributed by atoms with van der Waals surface area (Å²) in [5.41, 5.74) is 4.77. The van der Waals surface area contributed by atoms with E-state index in [1.807, 2.05) is 18.5 Å². The van der Waals surface area contributed by atoms with Gasteiger partial charge in [-0.3, -0.25) is 4.79 Å². The van der Waals surface area contributed by atoms with Crippen molar-refractivity contribution in [3.8, 4) is 11.1 Å². The third-order valence-corrected chi connectivity index (χ3v) is 6.57. The summed E-state index contributed by atoms with van der Waals surface area (Å²) in [5, 5.41) is 0.989. The zero-order chi connectivity index (χ0) is 17.0. The molecule has 5 heteroatoms. The van der Waals surface area contributed by atoms with Crippen LogP contribution in [0.15, 0.2) is 46.3 Å². The van der Waals surface area contributed by atoms with Crippen LogP contribution >= 0.6 is 11.8 Å². The molecule has 25 heavy (non-hydrogen) atoms. The van der Waals surface area contributed by atoms with Gasteiger partial charge >= 0.3 is 0 Å². The highest BCUT2D eigenvalue weighted by atomic mass is 32.2. The number of thioether (sulfide) groups is 1. The van der Waals surface area contributed by atoms with Crippen molar-refractivity contribution in [2.24, 2.45) is 5.41 Å². The largest absolute Gasteiger partial charge is 0.370 e. The van der Waals surface area contributed by atoms with E-state index in [2.05, 4.69) is 39.3 Å². The number of pyridine rings is 1. The molecule has 2 fully saturated rings. The molecular weight excluding hydrogens is 330 g/mol. The first-order valence-corrected chi connectivity index (χ1v) is 10.0. The number of benzene rings is 1. The molecule has 3 heterocycles. The van der Waals surface area contributed by atoms with Gasteiger partial charge < -0.3 is 14.9 Å². The zero-order valence-electron chi connectivity index (χ0n) is 14.3. The first-order valence-electron chi connectivity index (χ1n) is 8.81. The molecule has 3 aromatic rings. The van der Waals surface area contributed by atoms with Gasteiger partial charge in [0.15, 0.2) is 0 Å². The van der Waals surface area contributed by atoms with Crippen molar-refractivity contribution < 1.29 is 0 Å². The molecule has 1 aromatic carbocycles. The maximum absolute atomic E-state index is 12.1. The van der Waals surface area contributed by atoms with Crippen molar-refractivity contribution in [3.63, 3.8) is 0 Å². The maximum atomic E-state index is 12.1. The minimum Gasteiger partial charge on any atom is -0.370 e. The average Bonchev–Trinajstić information content (AvgIpc) is 3.04. The standard InChI is InChI=1S/C20H21N3OS/c1-25-13-2-3-17(23-9-7-20(12-23)5-6-20)15(10-13)16-11-22-19(24)18-14(16)4-8-21-18/h2-4,8,10-11,21H,5-7,9,12H2,1H3,(H,22,24). The van der Waals surface area contributed by atoms with Crippen molar-refractivity contribution in [2.45, 2.75) is 24.2 Å². The van der Waals surface area contributed by atoms with Gasteiger partial charge in [-0.25, -0.2) is 0 Å². The van der Waals surface area contributed by atoms with Gasteiger partial charge in [0.25, 0.3) is 5.56 Å². The molecule has 2 N–H and O–H groups in total. The summed E-state index contributed by atoms with van der Waals surface area (Å²) in [6.07, 6.45) is 9.88. The number of H-pyrrole nitrogens is 2. The number of nitrogens with one attached hydrogen (secondary N) is 2. The second-order valence-corrected chi connectivity index (χ2v) is 8.23. The van der Waals surface area contributed by atoms with Gasteiger partial charge in [0.1, 0.15) is 5.52 Å². The van der Waals surface area contributed by atoms with Crippen LogP contribution in [0.1, 0.15) is 19.3 Å². The Kier molecular flexibility index (Phi) is 3.29. The van der Waals surface area contributed by atoms with Gasteiger partial charge in [-0.2, -0.15) is 0 Å². The zero-order valence-corrected chi connectivity index (χ0v) is 15.1. The summed E-state index contributed by atoms with van der Waals surface area (Å²) in [6, 6.07) is 8.73. The van der Waals surface area contributed by atoms with Crippen LogP contribution in [0.5, 0.6) is 0 Å². The fourth-order valence-electron chi connectivity index (χ4n) is 4.15. The normalized spacial score (nSPS) is 18.4. The Morgan fingerprint density at radius 3 is 2.76 bits per heavy atom. The third-order valence-electron chi connectivity index (χ3n) is 5.84. The van der Waals surface area contributed by atoms with E-state index in [0.717, 1.165) is 24.0 Å². The van der Waals surface area contributed by atoms with Crippen molar-refractivity contribution >= 4 is 28.4 Å². The fraction of sp³-hybridized carbons (Fsp3) is 0.350. The van der Waals surface area contributed by atoms with Crippen LogP contribution in [-0.4, -0.2) is 29.3 Å². The van der Waals surface area contributed by atoms with Gasteiger partial charge in [-0.05, 0) is 55.2 Å². The van der Waals surface area contributed by atoms with Gasteiger partial charge in [-0.1, -0.05) is 0 Å². The third kappa shape index (κ3) is 2.41. The quantitative estimate of drug-likeness (QED) is 0.694. The Labute approximate surface area is 150 Å². The average molecular weight is 351 g/mol. The predicted molar refractivity (Wildman–Crippen MR) is 105 cm³/mol. The summed E-state index contributed by atoms with van der Waals surface area (Å²) in [6.45, 7) is 2.30. The molecule has 1 aliphatic carbocycles. The van der Waals surface area contributed by atoms with E-state index in [4.69, 9.17) is 0 Å². The minimum atomic E-state index is -0.0653. The number of fused-ring (bicyclic) bond motifs is 1. The lowest BCUT2D eigenvalue weighted by molar-refractivity contribution is 0.581. The molecule has 2 aromatic heterocycles. The van der Waals surface area contributed by atoms with E-state index in [1.54, 1.807) is 11.8 Å². The highest BCUT2D eigenvalue weighted by Crippen LogP contribution is 2.54. The molecular formula is C20H21N3OS. The number of anilines is 1. The van der Waals surface area contributed by atoms with Gasteiger partial charge in [0.05, 0.1) is 0 Å². The van der Waals surface area contributed by atoms with Crippen LogP contribution in [0.4, 0.5) is 5.69 Å². The van der Waals surface area contributed by atoms with Crippen LogP contribution < -0.4 is 10.5 Å².